The first-order chi connectivity index (χ1) is 8.31. The SMILES string of the molecule is CNCCC=Cc1ccc2occc(=O)c2c1. The van der Waals surface area contributed by atoms with E-state index in [4.69, 9.17) is 4.42 Å². The average Bonchev–Trinajstić information content (AvgIpc) is 2.36. The lowest BCUT2D eigenvalue weighted by atomic mass is 10.1. The Hall–Kier alpha value is -1.87. The Morgan fingerprint density at radius 3 is 3.06 bits per heavy atom. The van der Waals surface area contributed by atoms with E-state index >= 15 is 0 Å². The van der Waals surface area contributed by atoms with Gasteiger partial charge >= 0.3 is 0 Å². The normalized spacial score (nSPS) is 11.4. The van der Waals surface area contributed by atoms with Crippen molar-refractivity contribution in [2.75, 3.05) is 13.6 Å². The van der Waals surface area contributed by atoms with Crippen LogP contribution in [0.5, 0.6) is 0 Å². The summed E-state index contributed by atoms with van der Waals surface area (Å²) in [5.74, 6) is 0. The zero-order chi connectivity index (χ0) is 12.1. The van der Waals surface area contributed by atoms with Crippen molar-refractivity contribution in [1.29, 1.82) is 0 Å². The molecule has 0 bridgehead atoms. The van der Waals surface area contributed by atoms with Crippen LogP contribution < -0.4 is 10.7 Å². The molecule has 0 atom stereocenters. The summed E-state index contributed by atoms with van der Waals surface area (Å²) in [5, 5.41) is 3.70. The topological polar surface area (TPSA) is 42.2 Å². The molecule has 0 aliphatic carbocycles. The minimum Gasteiger partial charge on any atom is -0.464 e. The van der Waals surface area contributed by atoms with Crippen molar-refractivity contribution in [2.24, 2.45) is 0 Å². The number of hydrogen-bond donors (Lipinski definition) is 1. The maximum absolute atomic E-state index is 11.6. The van der Waals surface area contributed by atoms with Crippen molar-refractivity contribution in [3.63, 3.8) is 0 Å². The van der Waals surface area contributed by atoms with Gasteiger partial charge in [0.25, 0.3) is 0 Å². The molecule has 0 unspecified atom stereocenters. The van der Waals surface area contributed by atoms with E-state index in [1.165, 1.54) is 12.3 Å². The monoisotopic (exact) mass is 229 g/mol. The summed E-state index contributed by atoms with van der Waals surface area (Å²) in [6.07, 6.45) is 6.50. The molecular weight excluding hydrogens is 214 g/mol. The van der Waals surface area contributed by atoms with Crippen LogP contribution in [-0.4, -0.2) is 13.6 Å². The lowest BCUT2D eigenvalue weighted by Gasteiger charge is -1.98. The number of rotatable bonds is 4. The third-order valence-electron chi connectivity index (χ3n) is 2.55. The fourth-order valence-corrected chi connectivity index (χ4v) is 1.65. The highest BCUT2D eigenvalue weighted by Gasteiger charge is 1.99. The summed E-state index contributed by atoms with van der Waals surface area (Å²) in [4.78, 5) is 11.6. The van der Waals surface area contributed by atoms with Crippen LogP contribution in [0.4, 0.5) is 0 Å². The highest BCUT2D eigenvalue weighted by atomic mass is 16.3. The molecule has 0 aliphatic heterocycles. The summed E-state index contributed by atoms with van der Waals surface area (Å²) >= 11 is 0. The maximum atomic E-state index is 11.6. The molecule has 1 aromatic carbocycles. The van der Waals surface area contributed by atoms with Crippen LogP contribution in [0.2, 0.25) is 0 Å². The van der Waals surface area contributed by atoms with Crippen molar-refractivity contribution in [2.45, 2.75) is 6.42 Å². The third-order valence-corrected chi connectivity index (χ3v) is 2.55. The van der Waals surface area contributed by atoms with Gasteiger partial charge in [-0.3, -0.25) is 4.79 Å². The van der Waals surface area contributed by atoms with Gasteiger partial charge in [-0.05, 0) is 37.7 Å². The van der Waals surface area contributed by atoms with E-state index in [9.17, 15) is 4.79 Å². The van der Waals surface area contributed by atoms with E-state index in [1.54, 1.807) is 0 Å². The van der Waals surface area contributed by atoms with Crippen LogP contribution in [-0.2, 0) is 0 Å². The van der Waals surface area contributed by atoms with Crippen LogP contribution in [0.25, 0.3) is 17.0 Å². The van der Waals surface area contributed by atoms with Gasteiger partial charge in [-0.25, -0.2) is 0 Å². The lowest BCUT2D eigenvalue weighted by molar-refractivity contribution is 0.602. The Labute approximate surface area is 99.8 Å². The molecule has 1 aromatic heterocycles. The largest absolute Gasteiger partial charge is 0.464 e. The molecule has 0 fully saturated rings. The summed E-state index contributed by atoms with van der Waals surface area (Å²) in [6.45, 7) is 0.951. The van der Waals surface area contributed by atoms with Gasteiger partial charge in [0.2, 0.25) is 0 Å². The first kappa shape index (κ1) is 11.6. The third kappa shape index (κ3) is 2.82. The highest BCUT2D eigenvalue weighted by molar-refractivity contribution is 5.79. The maximum Gasteiger partial charge on any atom is 0.192 e. The molecule has 2 aromatic rings. The van der Waals surface area contributed by atoms with Gasteiger partial charge in [0, 0.05) is 6.07 Å². The zero-order valence-electron chi connectivity index (χ0n) is 9.77. The molecule has 0 saturated carbocycles. The van der Waals surface area contributed by atoms with Crippen molar-refractivity contribution in [3.05, 3.63) is 52.4 Å². The molecule has 1 heterocycles. The predicted molar refractivity (Wildman–Crippen MR) is 70.1 cm³/mol. The van der Waals surface area contributed by atoms with Gasteiger partial charge in [-0.15, -0.1) is 0 Å². The highest BCUT2D eigenvalue weighted by Crippen LogP contribution is 2.13. The smallest absolute Gasteiger partial charge is 0.192 e. The van der Waals surface area contributed by atoms with E-state index in [0.29, 0.717) is 11.0 Å². The molecular formula is C14H15NO2. The van der Waals surface area contributed by atoms with Gasteiger partial charge in [0.15, 0.2) is 5.43 Å². The van der Waals surface area contributed by atoms with Crippen LogP contribution in [0, 0.1) is 0 Å². The molecule has 3 nitrogen and oxygen atoms in total. The van der Waals surface area contributed by atoms with E-state index in [-0.39, 0.29) is 5.43 Å². The van der Waals surface area contributed by atoms with Gasteiger partial charge in [0.05, 0.1) is 11.6 Å². The lowest BCUT2D eigenvalue weighted by Crippen LogP contribution is -2.05. The van der Waals surface area contributed by atoms with Crippen molar-refractivity contribution in [1.82, 2.24) is 5.32 Å². The summed E-state index contributed by atoms with van der Waals surface area (Å²) < 4.78 is 5.26. The minimum absolute atomic E-state index is 0.00303. The Balaban J connectivity index is 2.28. The average molecular weight is 229 g/mol. The molecule has 17 heavy (non-hydrogen) atoms. The van der Waals surface area contributed by atoms with E-state index in [0.717, 1.165) is 18.5 Å². The van der Waals surface area contributed by atoms with Crippen molar-refractivity contribution >= 4 is 17.0 Å². The Morgan fingerprint density at radius 1 is 1.35 bits per heavy atom. The molecule has 0 saturated heterocycles. The van der Waals surface area contributed by atoms with Gasteiger partial charge in [0.1, 0.15) is 5.58 Å². The fourth-order valence-electron chi connectivity index (χ4n) is 1.65. The Bertz CT molecular complexity index is 584. The first-order valence-corrected chi connectivity index (χ1v) is 5.64. The minimum atomic E-state index is -0.00303. The molecule has 0 spiro atoms. The second-order valence-electron chi connectivity index (χ2n) is 3.84. The second kappa shape index (κ2) is 5.46. The fraction of sp³-hybridized carbons (Fsp3) is 0.214. The zero-order valence-corrected chi connectivity index (χ0v) is 9.77. The standard InChI is InChI=1S/C14H15NO2/c1-15-8-3-2-4-11-5-6-14-12(10-11)13(16)7-9-17-14/h2,4-7,9-10,15H,3,8H2,1H3. The van der Waals surface area contributed by atoms with Crippen LogP contribution >= 0.6 is 0 Å². The van der Waals surface area contributed by atoms with Gasteiger partial charge in [-0.1, -0.05) is 18.2 Å². The molecule has 1 N–H and O–H groups in total. The Morgan fingerprint density at radius 2 is 2.24 bits per heavy atom. The van der Waals surface area contributed by atoms with Crippen LogP contribution in [0.3, 0.4) is 0 Å². The molecule has 3 heteroatoms. The van der Waals surface area contributed by atoms with Crippen molar-refractivity contribution < 1.29 is 4.42 Å². The molecule has 0 radical (unpaired) electrons. The van der Waals surface area contributed by atoms with E-state index in [1.807, 2.05) is 31.3 Å². The second-order valence-corrected chi connectivity index (χ2v) is 3.84. The first-order valence-electron chi connectivity index (χ1n) is 5.64. The quantitative estimate of drug-likeness (QED) is 0.819. The van der Waals surface area contributed by atoms with E-state index in [2.05, 4.69) is 11.4 Å². The van der Waals surface area contributed by atoms with Crippen LogP contribution in [0.1, 0.15) is 12.0 Å². The number of benzene rings is 1. The molecule has 0 amide bonds. The van der Waals surface area contributed by atoms with Gasteiger partial charge in [-0.2, -0.15) is 0 Å². The van der Waals surface area contributed by atoms with Crippen LogP contribution in [0.15, 0.2) is 45.8 Å². The molecule has 0 aliphatic rings. The number of nitrogens with one attached hydrogen (secondary N) is 1. The number of hydrogen-bond acceptors (Lipinski definition) is 3. The number of fused-ring (bicyclic) bond motifs is 1. The Kier molecular flexibility index (Phi) is 3.73. The molecule has 2 rings (SSSR count). The summed E-state index contributed by atoms with van der Waals surface area (Å²) in [6, 6.07) is 7.07. The predicted octanol–water partition coefficient (Wildman–Crippen LogP) is 2.42. The van der Waals surface area contributed by atoms with E-state index < -0.39 is 0 Å². The summed E-state index contributed by atoms with van der Waals surface area (Å²) in [5.41, 5.74) is 1.65. The molecule has 88 valence electrons. The summed E-state index contributed by atoms with van der Waals surface area (Å²) in [7, 11) is 1.93. The van der Waals surface area contributed by atoms with Gasteiger partial charge < -0.3 is 9.73 Å². The van der Waals surface area contributed by atoms with Crippen molar-refractivity contribution in [3.8, 4) is 0 Å².